The van der Waals surface area contributed by atoms with E-state index in [0.29, 0.717) is 6.54 Å². The van der Waals surface area contributed by atoms with Gasteiger partial charge in [-0.3, -0.25) is 4.90 Å². The molecule has 0 spiro atoms. The molecule has 0 aliphatic rings. The van der Waals surface area contributed by atoms with Gasteiger partial charge in [0.1, 0.15) is 0 Å². The Morgan fingerprint density at radius 1 is 1.31 bits per heavy atom. The fraction of sp³-hybridized carbons (Fsp3) is 1.00. The first-order valence-corrected chi connectivity index (χ1v) is 5.08. The Morgan fingerprint density at radius 3 is 2.15 bits per heavy atom. The number of hydrogen-bond acceptors (Lipinski definition) is 3. The maximum absolute atomic E-state index is 5.80. The van der Waals surface area contributed by atoms with E-state index >= 15 is 0 Å². The van der Waals surface area contributed by atoms with Crippen molar-refractivity contribution in [2.75, 3.05) is 33.4 Å². The third-order valence-electron chi connectivity index (χ3n) is 2.81. The van der Waals surface area contributed by atoms with Gasteiger partial charge in [-0.2, -0.15) is 0 Å². The summed E-state index contributed by atoms with van der Waals surface area (Å²) in [6, 6.07) is 0. The summed E-state index contributed by atoms with van der Waals surface area (Å²) in [4.78, 5) is 2.39. The Kier molecular flexibility index (Phi) is 6.29. The summed E-state index contributed by atoms with van der Waals surface area (Å²) in [6.45, 7) is 10.1. The summed E-state index contributed by atoms with van der Waals surface area (Å²) >= 11 is 0. The van der Waals surface area contributed by atoms with Crippen molar-refractivity contribution < 1.29 is 4.74 Å². The van der Waals surface area contributed by atoms with Crippen LogP contribution in [0.4, 0.5) is 0 Å². The van der Waals surface area contributed by atoms with Gasteiger partial charge in [-0.15, -0.1) is 0 Å². The van der Waals surface area contributed by atoms with E-state index < -0.39 is 0 Å². The molecule has 0 fully saturated rings. The predicted molar refractivity (Wildman–Crippen MR) is 56.9 cm³/mol. The molecule has 0 aliphatic carbocycles. The Labute approximate surface area is 82.2 Å². The van der Waals surface area contributed by atoms with Crippen LogP contribution < -0.4 is 5.73 Å². The fourth-order valence-electron chi connectivity index (χ4n) is 1.70. The summed E-state index contributed by atoms with van der Waals surface area (Å²) in [5, 5.41) is 0. The highest BCUT2D eigenvalue weighted by molar-refractivity contribution is 4.86. The zero-order chi connectivity index (χ0) is 10.3. The highest BCUT2D eigenvalue weighted by Crippen LogP contribution is 2.17. The number of methoxy groups -OCH3 is 1. The highest BCUT2D eigenvalue weighted by Gasteiger charge is 2.27. The fourth-order valence-corrected chi connectivity index (χ4v) is 1.70. The van der Waals surface area contributed by atoms with Crippen LogP contribution in [0.15, 0.2) is 0 Å². The smallest absolute Gasteiger partial charge is 0.0480 e. The number of likely N-dealkylation sites (N-methyl/N-ethyl adjacent to an activating group) is 1. The van der Waals surface area contributed by atoms with E-state index in [2.05, 4.69) is 25.7 Å². The Bertz CT molecular complexity index is 126. The molecule has 0 saturated heterocycles. The lowest BCUT2D eigenvalue weighted by Crippen LogP contribution is -2.52. The average Bonchev–Trinajstić information content (AvgIpc) is 2.16. The van der Waals surface area contributed by atoms with Gasteiger partial charge in [0.05, 0.1) is 0 Å². The van der Waals surface area contributed by atoms with Gasteiger partial charge in [-0.1, -0.05) is 13.8 Å². The highest BCUT2D eigenvalue weighted by atomic mass is 16.5. The lowest BCUT2D eigenvalue weighted by atomic mass is 9.96. The van der Waals surface area contributed by atoms with Crippen LogP contribution in [0.3, 0.4) is 0 Å². The molecule has 3 heteroatoms. The lowest BCUT2D eigenvalue weighted by Gasteiger charge is -2.39. The first-order chi connectivity index (χ1) is 6.14. The van der Waals surface area contributed by atoms with E-state index in [1.807, 2.05) is 0 Å². The Morgan fingerprint density at radius 2 is 1.85 bits per heavy atom. The van der Waals surface area contributed by atoms with Gasteiger partial charge in [0.15, 0.2) is 0 Å². The van der Waals surface area contributed by atoms with Gasteiger partial charge in [0.2, 0.25) is 0 Å². The second kappa shape index (κ2) is 6.35. The minimum atomic E-state index is 0.0967. The summed E-state index contributed by atoms with van der Waals surface area (Å²) in [7, 11) is 1.74. The van der Waals surface area contributed by atoms with Crippen LogP contribution >= 0.6 is 0 Å². The molecule has 0 heterocycles. The van der Waals surface area contributed by atoms with Crippen molar-refractivity contribution in [1.82, 2.24) is 4.90 Å². The molecule has 0 amide bonds. The molecule has 0 bridgehead atoms. The lowest BCUT2D eigenvalue weighted by molar-refractivity contribution is 0.0769. The van der Waals surface area contributed by atoms with Crippen molar-refractivity contribution in [2.45, 2.75) is 32.7 Å². The molecule has 2 N–H and O–H groups in total. The van der Waals surface area contributed by atoms with Crippen LogP contribution in [-0.4, -0.2) is 43.8 Å². The van der Waals surface area contributed by atoms with E-state index in [4.69, 9.17) is 10.5 Å². The summed E-state index contributed by atoms with van der Waals surface area (Å²) in [5.41, 5.74) is 5.90. The number of hydrogen-bond donors (Lipinski definition) is 1. The van der Waals surface area contributed by atoms with E-state index in [-0.39, 0.29) is 5.54 Å². The molecule has 0 rings (SSSR count). The molecule has 3 nitrogen and oxygen atoms in total. The summed E-state index contributed by atoms with van der Waals surface area (Å²) in [5.74, 6) is 0. The van der Waals surface area contributed by atoms with E-state index in [1.165, 1.54) is 0 Å². The molecular weight excluding hydrogens is 164 g/mol. The van der Waals surface area contributed by atoms with Crippen LogP contribution in [0.1, 0.15) is 27.2 Å². The molecule has 0 radical (unpaired) electrons. The summed E-state index contributed by atoms with van der Waals surface area (Å²) < 4.78 is 5.10. The first-order valence-electron chi connectivity index (χ1n) is 5.08. The molecule has 0 aromatic heterocycles. The van der Waals surface area contributed by atoms with Gasteiger partial charge < -0.3 is 10.5 Å². The Hall–Kier alpha value is -0.120. The number of rotatable bonds is 7. The van der Waals surface area contributed by atoms with Gasteiger partial charge in [0, 0.05) is 25.8 Å². The SMILES string of the molecule is CCN(CC)C(C)(CN)CCOC. The largest absolute Gasteiger partial charge is 0.385 e. The van der Waals surface area contributed by atoms with Gasteiger partial charge in [0.25, 0.3) is 0 Å². The maximum atomic E-state index is 5.80. The van der Waals surface area contributed by atoms with Crippen LogP contribution in [-0.2, 0) is 4.74 Å². The van der Waals surface area contributed by atoms with Crippen LogP contribution in [0.2, 0.25) is 0 Å². The molecule has 0 saturated carbocycles. The third kappa shape index (κ3) is 3.63. The molecular formula is C10H24N2O. The summed E-state index contributed by atoms with van der Waals surface area (Å²) in [6.07, 6.45) is 1.00. The Balaban J connectivity index is 4.21. The second-order valence-electron chi connectivity index (χ2n) is 3.62. The zero-order valence-corrected chi connectivity index (χ0v) is 9.47. The second-order valence-corrected chi connectivity index (χ2v) is 3.62. The monoisotopic (exact) mass is 188 g/mol. The van der Waals surface area contributed by atoms with Crippen molar-refractivity contribution in [2.24, 2.45) is 5.73 Å². The normalized spacial score (nSPS) is 16.2. The van der Waals surface area contributed by atoms with E-state index in [0.717, 1.165) is 26.1 Å². The van der Waals surface area contributed by atoms with Gasteiger partial charge in [-0.25, -0.2) is 0 Å². The van der Waals surface area contributed by atoms with Gasteiger partial charge >= 0.3 is 0 Å². The topological polar surface area (TPSA) is 38.5 Å². The number of ether oxygens (including phenoxy) is 1. The van der Waals surface area contributed by atoms with Crippen molar-refractivity contribution in [1.29, 1.82) is 0 Å². The van der Waals surface area contributed by atoms with Crippen molar-refractivity contribution in [3.05, 3.63) is 0 Å². The molecule has 0 aromatic carbocycles. The van der Waals surface area contributed by atoms with Crippen LogP contribution in [0.25, 0.3) is 0 Å². The average molecular weight is 188 g/mol. The predicted octanol–water partition coefficient (Wildman–Crippen LogP) is 1.08. The van der Waals surface area contributed by atoms with Crippen molar-refractivity contribution in [3.63, 3.8) is 0 Å². The molecule has 0 aromatic rings. The maximum Gasteiger partial charge on any atom is 0.0480 e. The third-order valence-corrected chi connectivity index (χ3v) is 2.81. The number of nitrogens with zero attached hydrogens (tertiary/aromatic N) is 1. The van der Waals surface area contributed by atoms with E-state index in [9.17, 15) is 0 Å². The zero-order valence-electron chi connectivity index (χ0n) is 9.47. The molecule has 0 aliphatic heterocycles. The van der Waals surface area contributed by atoms with Crippen LogP contribution in [0, 0.1) is 0 Å². The quantitative estimate of drug-likeness (QED) is 0.650. The first kappa shape index (κ1) is 12.9. The molecule has 13 heavy (non-hydrogen) atoms. The standard InChI is InChI=1S/C10H24N2O/c1-5-12(6-2)10(3,9-11)7-8-13-4/h5-9,11H2,1-4H3. The molecule has 1 atom stereocenters. The minimum absolute atomic E-state index is 0.0967. The number of nitrogens with two attached hydrogens (primary N) is 1. The molecule has 80 valence electrons. The van der Waals surface area contributed by atoms with Crippen LogP contribution in [0.5, 0.6) is 0 Å². The van der Waals surface area contributed by atoms with Crippen molar-refractivity contribution in [3.8, 4) is 0 Å². The van der Waals surface area contributed by atoms with Gasteiger partial charge in [-0.05, 0) is 26.4 Å². The molecule has 1 unspecified atom stereocenters. The van der Waals surface area contributed by atoms with E-state index in [1.54, 1.807) is 7.11 Å². The van der Waals surface area contributed by atoms with Crippen molar-refractivity contribution >= 4 is 0 Å². The minimum Gasteiger partial charge on any atom is -0.385 e.